The van der Waals surface area contributed by atoms with Gasteiger partial charge in [0.2, 0.25) is 5.88 Å². The van der Waals surface area contributed by atoms with E-state index >= 15 is 0 Å². The van der Waals surface area contributed by atoms with Crippen molar-refractivity contribution in [1.82, 2.24) is 9.97 Å². The molecule has 24 heavy (non-hydrogen) atoms. The van der Waals surface area contributed by atoms with Crippen LogP contribution in [0.5, 0.6) is 11.6 Å². The van der Waals surface area contributed by atoms with E-state index in [9.17, 15) is 0 Å². The lowest BCUT2D eigenvalue weighted by Gasteiger charge is -2.12. The van der Waals surface area contributed by atoms with Crippen LogP contribution in [-0.4, -0.2) is 9.97 Å². The van der Waals surface area contributed by atoms with Crippen LogP contribution in [-0.2, 0) is 0 Å². The van der Waals surface area contributed by atoms with Crippen LogP contribution < -0.4 is 15.8 Å². The van der Waals surface area contributed by atoms with Crippen molar-refractivity contribution in [3.63, 3.8) is 0 Å². The molecule has 0 aliphatic heterocycles. The van der Waals surface area contributed by atoms with E-state index in [0.29, 0.717) is 27.3 Å². The third-order valence-corrected chi connectivity index (χ3v) is 3.81. The molecule has 0 bridgehead atoms. The van der Waals surface area contributed by atoms with Gasteiger partial charge in [0.15, 0.2) is 5.82 Å². The number of nitrogens with two attached hydrogens (primary N) is 1. The van der Waals surface area contributed by atoms with Gasteiger partial charge in [0, 0.05) is 5.02 Å². The Balaban J connectivity index is 1.86. The van der Waals surface area contributed by atoms with Gasteiger partial charge in [-0.3, -0.25) is 0 Å². The molecule has 0 atom stereocenters. The first-order valence-electron chi connectivity index (χ1n) is 7.10. The molecule has 0 radical (unpaired) electrons. The van der Waals surface area contributed by atoms with E-state index in [0.717, 1.165) is 5.56 Å². The minimum absolute atomic E-state index is 0.265. The lowest BCUT2D eigenvalue weighted by Crippen LogP contribution is -2.03. The number of ether oxygens (including phenoxy) is 1. The summed E-state index contributed by atoms with van der Waals surface area (Å²) in [6.45, 7) is 2.00. The normalized spacial score (nSPS) is 10.5. The molecule has 1 aromatic heterocycles. The average Bonchev–Trinajstić information content (AvgIpc) is 2.55. The van der Waals surface area contributed by atoms with E-state index in [1.807, 2.05) is 31.2 Å². The van der Waals surface area contributed by atoms with Crippen LogP contribution in [0.3, 0.4) is 0 Å². The molecule has 0 aliphatic rings. The lowest BCUT2D eigenvalue weighted by atomic mass is 10.2. The van der Waals surface area contributed by atoms with Gasteiger partial charge in [-0.2, -0.15) is 4.98 Å². The van der Waals surface area contributed by atoms with Crippen molar-refractivity contribution in [2.75, 3.05) is 11.1 Å². The maximum atomic E-state index is 6.15. The molecule has 0 fully saturated rings. The summed E-state index contributed by atoms with van der Waals surface area (Å²) in [4.78, 5) is 8.22. The zero-order chi connectivity index (χ0) is 17.1. The fraction of sp³-hybridized carbons (Fsp3) is 0.0588. The van der Waals surface area contributed by atoms with Crippen molar-refractivity contribution in [2.45, 2.75) is 6.92 Å². The number of aromatic nitrogens is 2. The Hall–Kier alpha value is -2.50. The summed E-state index contributed by atoms with van der Waals surface area (Å²) in [5.74, 6) is 1.30. The van der Waals surface area contributed by atoms with Gasteiger partial charge in [-0.15, -0.1) is 0 Å². The van der Waals surface area contributed by atoms with Crippen molar-refractivity contribution in [2.24, 2.45) is 0 Å². The Labute approximate surface area is 149 Å². The molecule has 3 N–H and O–H groups in total. The third kappa shape index (κ3) is 3.69. The summed E-state index contributed by atoms with van der Waals surface area (Å²) in [6.07, 6.45) is 1.37. The van der Waals surface area contributed by atoms with Gasteiger partial charge in [-0.1, -0.05) is 40.9 Å². The van der Waals surface area contributed by atoms with Gasteiger partial charge >= 0.3 is 0 Å². The van der Waals surface area contributed by atoms with Crippen molar-refractivity contribution in [1.29, 1.82) is 0 Å². The average molecular weight is 361 g/mol. The van der Waals surface area contributed by atoms with E-state index in [1.54, 1.807) is 18.2 Å². The molecule has 0 aliphatic carbocycles. The molecule has 3 rings (SSSR count). The van der Waals surface area contributed by atoms with Crippen molar-refractivity contribution < 1.29 is 4.74 Å². The maximum Gasteiger partial charge on any atom is 0.248 e. The molecule has 3 aromatic rings. The Kier molecular flexibility index (Phi) is 4.74. The summed E-state index contributed by atoms with van der Waals surface area (Å²) >= 11 is 12.0. The van der Waals surface area contributed by atoms with Gasteiger partial charge in [-0.25, -0.2) is 4.98 Å². The highest BCUT2D eigenvalue weighted by Crippen LogP contribution is 2.33. The van der Waals surface area contributed by atoms with Crippen LogP contribution in [0.1, 0.15) is 5.56 Å². The van der Waals surface area contributed by atoms with Gasteiger partial charge in [0.05, 0.1) is 10.7 Å². The van der Waals surface area contributed by atoms with E-state index in [-0.39, 0.29) is 11.6 Å². The van der Waals surface area contributed by atoms with Crippen LogP contribution >= 0.6 is 23.2 Å². The second-order valence-electron chi connectivity index (χ2n) is 5.11. The van der Waals surface area contributed by atoms with Crippen LogP contribution in [0.4, 0.5) is 17.2 Å². The van der Waals surface area contributed by atoms with Crippen molar-refractivity contribution in [3.8, 4) is 11.6 Å². The summed E-state index contributed by atoms with van der Waals surface area (Å²) in [6, 6.07) is 12.7. The predicted molar refractivity (Wildman–Crippen MR) is 97.4 cm³/mol. The number of aryl methyl sites for hydroxylation is 1. The SMILES string of the molecule is Cc1ccc(Oc2ncnc(Nc3ccc(Cl)cc3Cl)c2N)cc1. The van der Waals surface area contributed by atoms with Gasteiger partial charge in [0.1, 0.15) is 17.8 Å². The number of nitrogens with one attached hydrogen (secondary N) is 1. The monoisotopic (exact) mass is 360 g/mol. The number of hydrogen-bond acceptors (Lipinski definition) is 5. The quantitative estimate of drug-likeness (QED) is 0.667. The second-order valence-corrected chi connectivity index (χ2v) is 5.95. The number of rotatable bonds is 4. The number of nitrogens with zero attached hydrogens (tertiary/aromatic N) is 2. The molecule has 0 unspecified atom stereocenters. The Morgan fingerprint density at radius 1 is 1.04 bits per heavy atom. The van der Waals surface area contributed by atoms with E-state index < -0.39 is 0 Å². The largest absolute Gasteiger partial charge is 0.437 e. The molecular formula is C17H14Cl2N4O. The molecule has 0 saturated carbocycles. The van der Waals surface area contributed by atoms with Gasteiger partial charge < -0.3 is 15.8 Å². The number of benzene rings is 2. The smallest absolute Gasteiger partial charge is 0.248 e. The fourth-order valence-electron chi connectivity index (χ4n) is 2.00. The highest BCUT2D eigenvalue weighted by molar-refractivity contribution is 6.36. The van der Waals surface area contributed by atoms with Gasteiger partial charge in [0.25, 0.3) is 0 Å². The maximum absolute atomic E-state index is 6.15. The number of hydrogen-bond donors (Lipinski definition) is 2. The van der Waals surface area contributed by atoms with Gasteiger partial charge in [-0.05, 0) is 37.3 Å². The van der Waals surface area contributed by atoms with Crippen molar-refractivity contribution in [3.05, 3.63) is 64.4 Å². The van der Waals surface area contributed by atoms with E-state index in [1.165, 1.54) is 6.33 Å². The zero-order valence-corrected chi connectivity index (χ0v) is 14.3. The van der Waals surface area contributed by atoms with E-state index in [2.05, 4.69) is 15.3 Å². The second kappa shape index (κ2) is 6.95. The van der Waals surface area contributed by atoms with Crippen LogP contribution in [0.15, 0.2) is 48.8 Å². The summed E-state index contributed by atoms with van der Waals surface area (Å²) < 4.78 is 5.72. The molecule has 2 aromatic carbocycles. The number of halogens is 2. The lowest BCUT2D eigenvalue weighted by molar-refractivity contribution is 0.464. The molecule has 0 amide bonds. The van der Waals surface area contributed by atoms with Crippen LogP contribution in [0.2, 0.25) is 10.0 Å². The van der Waals surface area contributed by atoms with Crippen LogP contribution in [0, 0.1) is 6.92 Å². The summed E-state index contributed by atoms with van der Waals surface area (Å²) in [5, 5.41) is 4.06. The molecule has 0 spiro atoms. The zero-order valence-electron chi connectivity index (χ0n) is 12.8. The highest BCUT2D eigenvalue weighted by atomic mass is 35.5. The minimum Gasteiger partial charge on any atom is -0.437 e. The molecule has 122 valence electrons. The molecule has 5 nitrogen and oxygen atoms in total. The highest BCUT2D eigenvalue weighted by Gasteiger charge is 2.12. The Morgan fingerprint density at radius 3 is 2.50 bits per heavy atom. The first kappa shape index (κ1) is 16.4. The Bertz CT molecular complexity index is 869. The fourth-order valence-corrected chi connectivity index (χ4v) is 2.45. The van der Waals surface area contributed by atoms with Crippen LogP contribution in [0.25, 0.3) is 0 Å². The molecule has 0 saturated heterocycles. The number of anilines is 3. The summed E-state index contributed by atoms with van der Waals surface area (Å²) in [5.41, 5.74) is 8.16. The molecule has 1 heterocycles. The predicted octanol–water partition coefficient (Wildman–Crippen LogP) is 5.21. The Morgan fingerprint density at radius 2 is 1.79 bits per heavy atom. The molecular weight excluding hydrogens is 347 g/mol. The minimum atomic E-state index is 0.265. The number of nitrogen functional groups attached to an aromatic ring is 1. The third-order valence-electron chi connectivity index (χ3n) is 3.27. The summed E-state index contributed by atoms with van der Waals surface area (Å²) in [7, 11) is 0. The van der Waals surface area contributed by atoms with Crippen molar-refractivity contribution >= 4 is 40.4 Å². The first-order valence-corrected chi connectivity index (χ1v) is 7.85. The van der Waals surface area contributed by atoms with E-state index in [4.69, 9.17) is 33.7 Å². The molecule has 7 heteroatoms. The standard InChI is InChI=1S/C17H14Cl2N4O/c1-10-2-5-12(6-3-10)24-17-15(20)16(21-9-22-17)23-14-7-4-11(18)8-13(14)19/h2-9H,20H2,1H3,(H,21,22,23). The first-order chi connectivity index (χ1) is 11.5. The topological polar surface area (TPSA) is 73.1 Å².